The lowest BCUT2D eigenvalue weighted by molar-refractivity contribution is -0.116. The Balaban J connectivity index is 2.72. The van der Waals surface area contributed by atoms with Gasteiger partial charge in [-0.25, -0.2) is 0 Å². The number of rotatable bonds is 0. The van der Waals surface area contributed by atoms with E-state index in [1.165, 1.54) is 0 Å². The van der Waals surface area contributed by atoms with E-state index < -0.39 is 11.4 Å². The van der Waals surface area contributed by atoms with Crippen molar-refractivity contribution < 1.29 is 18.4 Å². The van der Waals surface area contributed by atoms with Gasteiger partial charge in [-0.2, -0.15) is 13.2 Å². The molecule has 0 aromatic heterocycles. The van der Waals surface area contributed by atoms with Crippen LogP contribution in [0.25, 0.3) is 0 Å². The largest absolute Gasteiger partial charge is 0.411 e. The van der Waals surface area contributed by atoms with E-state index in [0.717, 1.165) is 11.8 Å². The lowest BCUT2D eigenvalue weighted by Crippen LogP contribution is -2.30. The molecule has 6 heteroatoms. The molecule has 64 valence electrons. The lowest BCUT2D eigenvalue weighted by Gasteiger charge is -2.12. The zero-order valence-electron chi connectivity index (χ0n) is 5.43. The zero-order valence-corrected chi connectivity index (χ0v) is 6.24. The molecule has 1 heterocycles. The normalized spacial score (nSPS) is 29.7. The van der Waals surface area contributed by atoms with Crippen LogP contribution in [-0.2, 0) is 0 Å². The first-order valence-corrected chi connectivity index (χ1v) is 3.99. The van der Waals surface area contributed by atoms with Crippen molar-refractivity contribution >= 4 is 17.5 Å². The molecule has 1 aliphatic rings. The van der Waals surface area contributed by atoms with Crippen molar-refractivity contribution in [1.82, 2.24) is 0 Å². The molecule has 0 aromatic rings. The molecule has 1 aliphatic heterocycles. The SMILES string of the molecule is ON=C1CCSC1C(F)(F)F. The minimum Gasteiger partial charge on any atom is -0.411 e. The molecule has 0 amide bonds. The number of thioether (sulfide) groups is 1. The predicted octanol–water partition coefficient (Wildman–Crippen LogP) is 1.88. The first-order valence-electron chi connectivity index (χ1n) is 2.95. The minimum absolute atomic E-state index is 0.164. The van der Waals surface area contributed by atoms with Gasteiger partial charge in [0.05, 0.1) is 5.71 Å². The molecular formula is C5H6F3NOS. The molecule has 0 bridgehead atoms. The van der Waals surface area contributed by atoms with Gasteiger partial charge in [0.15, 0.2) is 0 Å². The fraction of sp³-hybridized carbons (Fsp3) is 0.800. The second-order valence-electron chi connectivity index (χ2n) is 2.13. The first-order chi connectivity index (χ1) is 5.05. The zero-order chi connectivity index (χ0) is 8.48. The summed E-state index contributed by atoms with van der Waals surface area (Å²) < 4.78 is 36.0. The second kappa shape index (κ2) is 2.92. The maximum absolute atomic E-state index is 12.0. The summed E-state index contributed by atoms with van der Waals surface area (Å²) in [4.78, 5) is 0. The van der Waals surface area contributed by atoms with E-state index in [9.17, 15) is 13.2 Å². The Labute approximate surface area is 65.5 Å². The second-order valence-corrected chi connectivity index (χ2v) is 3.35. The van der Waals surface area contributed by atoms with Crippen LogP contribution in [0.2, 0.25) is 0 Å². The maximum atomic E-state index is 12.0. The summed E-state index contributed by atoms with van der Waals surface area (Å²) in [5.74, 6) is 0.379. The van der Waals surface area contributed by atoms with Gasteiger partial charge in [0.1, 0.15) is 5.25 Å². The minimum atomic E-state index is -4.28. The Hall–Kier alpha value is -0.390. The average Bonchev–Trinajstić information content (AvgIpc) is 2.31. The average molecular weight is 185 g/mol. The van der Waals surface area contributed by atoms with Crippen molar-refractivity contribution in [2.24, 2.45) is 5.16 Å². The fourth-order valence-electron chi connectivity index (χ4n) is 0.894. The number of halogens is 3. The molecule has 0 aromatic carbocycles. The summed E-state index contributed by atoms with van der Waals surface area (Å²) in [6.07, 6.45) is -4.05. The van der Waals surface area contributed by atoms with Crippen LogP contribution in [-0.4, -0.2) is 28.1 Å². The Bertz CT molecular complexity index is 179. The molecule has 11 heavy (non-hydrogen) atoms. The number of hydrogen-bond acceptors (Lipinski definition) is 3. The van der Waals surface area contributed by atoms with Gasteiger partial charge in [-0.05, 0) is 12.2 Å². The van der Waals surface area contributed by atoms with Gasteiger partial charge in [0.25, 0.3) is 0 Å². The maximum Gasteiger partial charge on any atom is 0.405 e. The third-order valence-electron chi connectivity index (χ3n) is 1.37. The summed E-state index contributed by atoms with van der Waals surface area (Å²) >= 11 is 0.766. The van der Waals surface area contributed by atoms with Crippen LogP contribution in [0.1, 0.15) is 6.42 Å². The van der Waals surface area contributed by atoms with Crippen LogP contribution >= 0.6 is 11.8 Å². The Kier molecular flexibility index (Phi) is 2.31. The van der Waals surface area contributed by atoms with Gasteiger partial charge in [0, 0.05) is 0 Å². The third kappa shape index (κ3) is 1.79. The summed E-state index contributed by atoms with van der Waals surface area (Å²) in [7, 11) is 0. The van der Waals surface area contributed by atoms with Gasteiger partial charge in [-0.3, -0.25) is 0 Å². The van der Waals surface area contributed by atoms with Crippen molar-refractivity contribution in [3.05, 3.63) is 0 Å². The molecule has 2 nitrogen and oxygen atoms in total. The highest BCUT2D eigenvalue weighted by Crippen LogP contribution is 2.37. The highest BCUT2D eigenvalue weighted by Gasteiger charge is 2.46. The van der Waals surface area contributed by atoms with Crippen LogP contribution < -0.4 is 0 Å². The van der Waals surface area contributed by atoms with E-state index in [1.807, 2.05) is 0 Å². The third-order valence-corrected chi connectivity index (χ3v) is 2.68. The van der Waals surface area contributed by atoms with Gasteiger partial charge in [-0.1, -0.05) is 5.16 Å². The van der Waals surface area contributed by atoms with Gasteiger partial charge >= 0.3 is 6.18 Å². The van der Waals surface area contributed by atoms with Crippen molar-refractivity contribution in [2.75, 3.05) is 5.75 Å². The van der Waals surface area contributed by atoms with E-state index in [0.29, 0.717) is 5.75 Å². The molecule has 1 atom stereocenters. The molecule has 1 fully saturated rings. The molecule has 1 saturated heterocycles. The number of hydrogen-bond donors (Lipinski definition) is 1. The van der Waals surface area contributed by atoms with E-state index >= 15 is 0 Å². The van der Waals surface area contributed by atoms with E-state index in [4.69, 9.17) is 5.21 Å². The summed E-state index contributed by atoms with van der Waals surface area (Å²) in [6, 6.07) is 0. The molecule has 1 rings (SSSR count). The van der Waals surface area contributed by atoms with Crippen molar-refractivity contribution in [3.63, 3.8) is 0 Å². The first kappa shape index (κ1) is 8.70. The molecule has 0 radical (unpaired) electrons. The Morgan fingerprint density at radius 3 is 2.55 bits per heavy atom. The molecule has 1 unspecified atom stereocenters. The van der Waals surface area contributed by atoms with Gasteiger partial charge in [0.2, 0.25) is 0 Å². The van der Waals surface area contributed by atoms with Crippen LogP contribution in [0.4, 0.5) is 13.2 Å². The van der Waals surface area contributed by atoms with E-state index in [-0.39, 0.29) is 12.1 Å². The molecular weight excluding hydrogens is 179 g/mol. The highest BCUT2D eigenvalue weighted by molar-refractivity contribution is 8.01. The van der Waals surface area contributed by atoms with E-state index in [1.54, 1.807) is 0 Å². The molecule has 0 saturated carbocycles. The summed E-state index contributed by atoms with van der Waals surface area (Å²) in [6.45, 7) is 0. The molecule has 1 N–H and O–H groups in total. The number of nitrogens with zero attached hydrogens (tertiary/aromatic N) is 1. The fourth-order valence-corrected chi connectivity index (χ4v) is 2.00. The van der Waals surface area contributed by atoms with Crippen molar-refractivity contribution in [3.8, 4) is 0 Å². The highest BCUT2D eigenvalue weighted by atomic mass is 32.2. The topological polar surface area (TPSA) is 32.6 Å². The Morgan fingerprint density at radius 1 is 1.55 bits per heavy atom. The van der Waals surface area contributed by atoms with Crippen LogP contribution in [0, 0.1) is 0 Å². The summed E-state index contributed by atoms with van der Waals surface area (Å²) in [5.41, 5.74) is -0.164. The lowest BCUT2D eigenvalue weighted by atomic mass is 10.2. The quantitative estimate of drug-likeness (QED) is 0.461. The predicted molar refractivity (Wildman–Crippen MR) is 36.1 cm³/mol. The monoisotopic (exact) mass is 185 g/mol. The Morgan fingerprint density at radius 2 is 2.18 bits per heavy atom. The summed E-state index contributed by atoms with van der Waals surface area (Å²) in [5, 5.41) is 9.20. The van der Waals surface area contributed by atoms with Crippen LogP contribution in [0.15, 0.2) is 5.16 Å². The van der Waals surface area contributed by atoms with Crippen LogP contribution in [0.5, 0.6) is 0 Å². The van der Waals surface area contributed by atoms with Gasteiger partial charge in [-0.15, -0.1) is 11.8 Å². The molecule has 0 spiro atoms. The molecule has 0 aliphatic carbocycles. The van der Waals surface area contributed by atoms with Gasteiger partial charge < -0.3 is 5.21 Å². The smallest absolute Gasteiger partial charge is 0.405 e. The van der Waals surface area contributed by atoms with Crippen molar-refractivity contribution in [1.29, 1.82) is 0 Å². The van der Waals surface area contributed by atoms with E-state index in [2.05, 4.69) is 5.16 Å². The standard InChI is InChI=1S/C5H6F3NOS/c6-5(7,8)4-3(9-10)1-2-11-4/h4,10H,1-2H2. The number of alkyl halides is 3. The number of oxime groups is 1. The van der Waals surface area contributed by atoms with Crippen LogP contribution in [0.3, 0.4) is 0 Å². The van der Waals surface area contributed by atoms with Crippen molar-refractivity contribution in [2.45, 2.75) is 17.8 Å².